The number of aromatic nitrogens is 2. The van der Waals surface area contributed by atoms with Crippen LogP contribution in [0.2, 0.25) is 0 Å². The lowest BCUT2D eigenvalue weighted by Crippen LogP contribution is -2.30. The third-order valence-corrected chi connectivity index (χ3v) is 1.74. The van der Waals surface area contributed by atoms with Crippen LogP contribution in [0.1, 0.15) is 24.3 Å². The topological polar surface area (TPSA) is 66.9 Å². The molecule has 0 aromatic carbocycles. The van der Waals surface area contributed by atoms with Gasteiger partial charge in [0, 0.05) is 12.6 Å². The van der Waals surface area contributed by atoms with Crippen LogP contribution in [0, 0.1) is 0 Å². The molecule has 0 saturated carbocycles. The van der Waals surface area contributed by atoms with Gasteiger partial charge in [-0.05, 0) is 26.0 Å². The molecule has 0 bridgehead atoms. The Balaban J connectivity index is 2.63. The summed E-state index contributed by atoms with van der Waals surface area (Å²) < 4.78 is 0. The molecule has 0 unspecified atom stereocenters. The summed E-state index contributed by atoms with van der Waals surface area (Å²) in [5.74, 6) is 0.416. The van der Waals surface area contributed by atoms with Crippen LogP contribution in [-0.2, 0) is 0 Å². The van der Waals surface area contributed by atoms with E-state index in [9.17, 15) is 4.79 Å². The van der Waals surface area contributed by atoms with Crippen molar-refractivity contribution >= 4 is 11.7 Å². The number of amides is 1. The largest absolute Gasteiger partial charge is 0.365 e. The number of nitrogens with one attached hydrogen (secondary N) is 2. The lowest BCUT2D eigenvalue weighted by atomic mass is 10.3. The van der Waals surface area contributed by atoms with Crippen molar-refractivity contribution in [3.63, 3.8) is 0 Å². The van der Waals surface area contributed by atoms with E-state index in [1.807, 2.05) is 13.8 Å². The number of hydrogen-bond donors (Lipinski definition) is 2. The summed E-state index contributed by atoms with van der Waals surface area (Å²) in [7, 11) is 0. The molecule has 0 atom stereocenters. The maximum atomic E-state index is 11.5. The fourth-order valence-electron chi connectivity index (χ4n) is 1.06. The quantitative estimate of drug-likeness (QED) is 0.732. The van der Waals surface area contributed by atoms with Crippen molar-refractivity contribution in [2.75, 3.05) is 11.9 Å². The zero-order valence-corrected chi connectivity index (χ0v) is 9.53. The van der Waals surface area contributed by atoms with Gasteiger partial charge in [-0.15, -0.1) is 16.8 Å². The Bertz CT molecular complexity index is 359. The second kappa shape index (κ2) is 5.85. The molecular weight excluding hydrogens is 204 g/mol. The molecule has 0 aliphatic heterocycles. The molecule has 1 heterocycles. The third-order valence-electron chi connectivity index (χ3n) is 1.74. The standard InChI is InChI=1S/C11H16N4O/c1-4-7-12-10-6-5-9(14-15-10)11(16)13-8(2)3/h4-6,8H,1,7H2,2-3H3,(H,12,15)(H,13,16). The first-order chi connectivity index (χ1) is 7.63. The van der Waals surface area contributed by atoms with Crippen LogP contribution in [0.5, 0.6) is 0 Å². The van der Waals surface area contributed by atoms with E-state index < -0.39 is 0 Å². The summed E-state index contributed by atoms with van der Waals surface area (Å²) in [6.45, 7) is 7.99. The molecule has 0 aliphatic rings. The Morgan fingerprint density at radius 2 is 2.25 bits per heavy atom. The van der Waals surface area contributed by atoms with E-state index in [4.69, 9.17) is 0 Å². The first-order valence-electron chi connectivity index (χ1n) is 5.13. The van der Waals surface area contributed by atoms with Crippen molar-refractivity contribution < 1.29 is 4.79 Å². The van der Waals surface area contributed by atoms with Crippen LogP contribution in [0.25, 0.3) is 0 Å². The van der Waals surface area contributed by atoms with Gasteiger partial charge in [-0.2, -0.15) is 0 Å². The van der Waals surface area contributed by atoms with Crippen molar-refractivity contribution in [3.8, 4) is 0 Å². The number of hydrogen-bond acceptors (Lipinski definition) is 4. The average molecular weight is 220 g/mol. The molecule has 2 N–H and O–H groups in total. The van der Waals surface area contributed by atoms with Crippen LogP contribution in [0.15, 0.2) is 24.8 Å². The fraction of sp³-hybridized carbons (Fsp3) is 0.364. The molecule has 5 nitrogen and oxygen atoms in total. The minimum Gasteiger partial charge on any atom is -0.365 e. The highest BCUT2D eigenvalue weighted by atomic mass is 16.1. The van der Waals surface area contributed by atoms with Gasteiger partial charge in [0.15, 0.2) is 5.69 Å². The molecule has 5 heteroatoms. The van der Waals surface area contributed by atoms with Gasteiger partial charge in [-0.1, -0.05) is 6.08 Å². The van der Waals surface area contributed by atoms with Gasteiger partial charge in [0.25, 0.3) is 5.91 Å². The van der Waals surface area contributed by atoms with E-state index in [-0.39, 0.29) is 11.9 Å². The first-order valence-corrected chi connectivity index (χ1v) is 5.13. The Kier molecular flexibility index (Phi) is 4.44. The minimum absolute atomic E-state index is 0.0906. The molecule has 0 saturated heterocycles. The van der Waals surface area contributed by atoms with E-state index in [1.165, 1.54) is 0 Å². The summed E-state index contributed by atoms with van der Waals surface area (Å²) in [6, 6.07) is 3.44. The molecule has 0 fully saturated rings. The van der Waals surface area contributed by atoms with E-state index in [2.05, 4.69) is 27.4 Å². The highest BCUT2D eigenvalue weighted by molar-refractivity contribution is 5.92. The highest BCUT2D eigenvalue weighted by Crippen LogP contribution is 2.01. The summed E-state index contributed by atoms with van der Waals surface area (Å²) in [5.41, 5.74) is 0.317. The Morgan fingerprint density at radius 3 is 2.75 bits per heavy atom. The number of carbonyl (C=O) groups is 1. The van der Waals surface area contributed by atoms with E-state index >= 15 is 0 Å². The second-order valence-electron chi connectivity index (χ2n) is 3.60. The van der Waals surface area contributed by atoms with Crippen molar-refractivity contribution in [3.05, 3.63) is 30.5 Å². The molecule has 0 spiro atoms. The zero-order chi connectivity index (χ0) is 12.0. The first kappa shape index (κ1) is 12.2. The maximum Gasteiger partial charge on any atom is 0.271 e. The summed E-state index contributed by atoms with van der Waals surface area (Å²) in [6.07, 6.45) is 1.72. The van der Waals surface area contributed by atoms with Crippen LogP contribution in [0.3, 0.4) is 0 Å². The molecule has 0 radical (unpaired) electrons. The van der Waals surface area contributed by atoms with E-state index in [1.54, 1.807) is 18.2 Å². The van der Waals surface area contributed by atoms with Gasteiger partial charge in [0.05, 0.1) is 0 Å². The summed E-state index contributed by atoms with van der Waals surface area (Å²) in [5, 5.41) is 13.4. The molecule has 1 aromatic heterocycles. The van der Waals surface area contributed by atoms with Crippen molar-refractivity contribution in [1.29, 1.82) is 0 Å². The highest BCUT2D eigenvalue weighted by Gasteiger charge is 2.08. The number of carbonyl (C=O) groups excluding carboxylic acids is 1. The van der Waals surface area contributed by atoms with Crippen molar-refractivity contribution in [2.45, 2.75) is 19.9 Å². The van der Waals surface area contributed by atoms with Gasteiger partial charge in [-0.25, -0.2) is 0 Å². The van der Waals surface area contributed by atoms with Crippen LogP contribution >= 0.6 is 0 Å². The minimum atomic E-state index is -0.210. The summed E-state index contributed by atoms with van der Waals surface area (Å²) in [4.78, 5) is 11.5. The molecule has 1 rings (SSSR count). The predicted octanol–water partition coefficient (Wildman–Crippen LogP) is 1.21. The van der Waals surface area contributed by atoms with Gasteiger partial charge in [0.2, 0.25) is 0 Å². The van der Waals surface area contributed by atoms with Crippen LogP contribution in [-0.4, -0.2) is 28.7 Å². The average Bonchev–Trinajstić information content (AvgIpc) is 2.26. The van der Waals surface area contributed by atoms with Gasteiger partial charge in [0.1, 0.15) is 5.82 Å². The second-order valence-corrected chi connectivity index (χ2v) is 3.60. The van der Waals surface area contributed by atoms with Crippen molar-refractivity contribution in [1.82, 2.24) is 15.5 Å². The van der Waals surface area contributed by atoms with Gasteiger partial charge < -0.3 is 10.6 Å². The van der Waals surface area contributed by atoms with Gasteiger partial charge >= 0.3 is 0 Å². The van der Waals surface area contributed by atoms with Crippen LogP contribution < -0.4 is 10.6 Å². The number of rotatable bonds is 5. The normalized spacial score (nSPS) is 9.94. The Morgan fingerprint density at radius 1 is 1.50 bits per heavy atom. The lowest BCUT2D eigenvalue weighted by molar-refractivity contribution is 0.0937. The maximum absolute atomic E-state index is 11.5. The SMILES string of the molecule is C=CCNc1ccc(C(=O)NC(C)C)nn1. The summed E-state index contributed by atoms with van der Waals surface area (Å²) >= 11 is 0. The Hall–Kier alpha value is -1.91. The monoisotopic (exact) mass is 220 g/mol. The molecule has 16 heavy (non-hydrogen) atoms. The number of nitrogens with zero attached hydrogens (tertiary/aromatic N) is 2. The molecular formula is C11H16N4O. The van der Waals surface area contributed by atoms with E-state index in [0.717, 1.165) is 0 Å². The molecule has 0 aliphatic carbocycles. The Labute approximate surface area is 95.0 Å². The molecule has 86 valence electrons. The predicted molar refractivity (Wildman–Crippen MR) is 63.3 cm³/mol. The van der Waals surface area contributed by atoms with Crippen molar-refractivity contribution in [2.24, 2.45) is 0 Å². The lowest BCUT2D eigenvalue weighted by Gasteiger charge is -2.07. The molecule has 1 aromatic rings. The van der Waals surface area contributed by atoms with Gasteiger partial charge in [-0.3, -0.25) is 4.79 Å². The zero-order valence-electron chi connectivity index (χ0n) is 9.53. The number of anilines is 1. The van der Waals surface area contributed by atoms with E-state index in [0.29, 0.717) is 18.1 Å². The molecule has 1 amide bonds. The van der Waals surface area contributed by atoms with Crippen LogP contribution in [0.4, 0.5) is 5.82 Å². The smallest absolute Gasteiger partial charge is 0.271 e. The fourth-order valence-corrected chi connectivity index (χ4v) is 1.06. The third kappa shape index (κ3) is 3.68.